The Bertz CT molecular complexity index is 649. The molecule has 0 aromatic carbocycles. The van der Waals surface area contributed by atoms with Gasteiger partial charge in [0.15, 0.2) is 0 Å². The van der Waals surface area contributed by atoms with E-state index in [2.05, 4.69) is 79.3 Å². The number of carbonyl (C=O) groups is 2. The summed E-state index contributed by atoms with van der Waals surface area (Å²) < 4.78 is 11.7. The van der Waals surface area contributed by atoms with Crippen molar-refractivity contribution >= 4 is 11.9 Å². The molecule has 0 saturated carbocycles. The summed E-state index contributed by atoms with van der Waals surface area (Å²) in [4.78, 5) is 29.6. The molecule has 0 aliphatic carbocycles. The predicted molar refractivity (Wildman–Crippen MR) is 152 cm³/mol. The molecule has 2 aliphatic heterocycles. The molecule has 3 N–H and O–H groups in total. The lowest BCUT2D eigenvalue weighted by Crippen LogP contribution is -2.60. The van der Waals surface area contributed by atoms with Crippen molar-refractivity contribution in [3.05, 3.63) is 0 Å². The lowest BCUT2D eigenvalue weighted by Gasteiger charge is -2.53. The Morgan fingerprint density at radius 3 is 1.08 bits per heavy atom. The molecule has 0 aromatic heterocycles. The lowest BCUT2D eigenvalue weighted by molar-refractivity contribution is -0.160. The fourth-order valence-corrected chi connectivity index (χ4v) is 6.46. The Hall–Kier alpha value is -1.18. The number of nitrogens with zero attached hydrogens (tertiary/aromatic N) is 2. The third kappa shape index (κ3) is 9.81. The summed E-state index contributed by atoms with van der Waals surface area (Å²) in [6.07, 6.45) is 10.5. The molecular weight excluding hydrogens is 466 g/mol. The summed E-state index contributed by atoms with van der Waals surface area (Å²) in [6.45, 7) is 17.8. The molecule has 0 radical (unpaired) electrons. The van der Waals surface area contributed by atoms with Crippen molar-refractivity contribution in [2.24, 2.45) is 0 Å². The number of esters is 2. The Kier molecular flexibility index (Phi) is 12.1. The summed E-state index contributed by atoms with van der Waals surface area (Å²) in [5, 5.41) is 0. The zero-order valence-corrected chi connectivity index (χ0v) is 25.9. The number of carbonyl (C=O) groups excluding carboxylic acids is 2. The molecule has 2 heterocycles. The Morgan fingerprint density at radius 2 is 0.811 bits per heavy atom. The number of hydrogen-bond acceptors (Lipinski definition) is 7. The van der Waals surface area contributed by atoms with Crippen molar-refractivity contribution in [2.75, 3.05) is 14.1 Å². The highest BCUT2D eigenvalue weighted by atomic mass is 16.5. The van der Waals surface area contributed by atoms with Crippen molar-refractivity contribution in [2.45, 2.75) is 167 Å². The van der Waals surface area contributed by atoms with Gasteiger partial charge >= 0.3 is 11.9 Å². The highest BCUT2D eigenvalue weighted by Gasteiger charge is 2.45. The van der Waals surface area contributed by atoms with Crippen LogP contribution in [0.15, 0.2) is 0 Å². The van der Waals surface area contributed by atoms with Gasteiger partial charge in [0.2, 0.25) is 0 Å². The monoisotopic (exact) mass is 525 g/mol. The number of ether oxygens (including phenoxy) is 2. The van der Waals surface area contributed by atoms with E-state index in [1.54, 1.807) is 0 Å². The fourth-order valence-electron chi connectivity index (χ4n) is 6.46. The van der Waals surface area contributed by atoms with E-state index in [1.165, 1.54) is 0 Å². The molecule has 218 valence electrons. The zero-order chi connectivity index (χ0) is 27.4. The molecule has 0 spiro atoms. The van der Waals surface area contributed by atoms with Crippen LogP contribution in [0.3, 0.4) is 0 Å². The first-order chi connectivity index (χ1) is 16.5. The van der Waals surface area contributed by atoms with Crippen LogP contribution >= 0.6 is 0 Å². The highest BCUT2D eigenvalue weighted by molar-refractivity contribution is 5.69. The van der Waals surface area contributed by atoms with Crippen LogP contribution in [0.25, 0.3) is 0 Å². The number of rotatable bonds is 11. The molecule has 7 nitrogen and oxygen atoms in total. The molecule has 0 unspecified atom stereocenters. The first-order valence-electron chi connectivity index (χ1n) is 14.3. The van der Waals surface area contributed by atoms with Gasteiger partial charge in [-0.15, -0.1) is 0 Å². The first kappa shape index (κ1) is 33.8. The minimum atomic E-state index is -0.0563. The van der Waals surface area contributed by atoms with E-state index >= 15 is 0 Å². The van der Waals surface area contributed by atoms with Crippen molar-refractivity contribution in [3.8, 4) is 0 Å². The number of hydrogen-bond donors (Lipinski definition) is 1. The second-order valence-electron chi connectivity index (χ2n) is 14.0. The van der Waals surface area contributed by atoms with E-state index in [4.69, 9.17) is 9.47 Å². The smallest absolute Gasteiger partial charge is 0.306 e. The van der Waals surface area contributed by atoms with E-state index in [9.17, 15) is 9.59 Å². The molecule has 2 saturated heterocycles. The van der Waals surface area contributed by atoms with Gasteiger partial charge in [0.25, 0.3) is 0 Å². The SMILES string of the molecule is CN1C(C)(C)CC(OC(=O)CCCCCCCCC(=O)OC2CC(C)(C)N(C)C(C)(C)C2)CC1(C)C.N. The van der Waals surface area contributed by atoms with Crippen LogP contribution in [0.1, 0.15) is 132 Å². The third-order valence-corrected chi connectivity index (χ3v) is 9.15. The van der Waals surface area contributed by atoms with Crippen LogP contribution in [-0.4, -0.2) is 70.2 Å². The maximum Gasteiger partial charge on any atom is 0.306 e. The molecule has 0 aromatic rings. The van der Waals surface area contributed by atoms with Gasteiger partial charge in [-0.25, -0.2) is 0 Å². The number of likely N-dealkylation sites (tertiary alicyclic amines) is 2. The molecule has 2 fully saturated rings. The van der Waals surface area contributed by atoms with E-state index in [0.29, 0.717) is 12.8 Å². The summed E-state index contributed by atoms with van der Waals surface area (Å²) in [6, 6.07) is 0. The summed E-state index contributed by atoms with van der Waals surface area (Å²) in [5.74, 6) is -0.113. The third-order valence-electron chi connectivity index (χ3n) is 9.15. The number of piperidine rings is 2. The lowest BCUT2D eigenvalue weighted by atomic mass is 9.78. The van der Waals surface area contributed by atoms with Gasteiger partial charge in [-0.3, -0.25) is 19.4 Å². The van der Waals surface area contributed by atoms with Crippen molar-refractivity contribution in [3.63, 3.8) is 0 Å². The van der Waals surface area contributed by atoms with Gasteiger partial charge in [0.1, 0.15) is 12.2 Å². The van der Waals surface area contributed by atoms with Crippen LogP contribution in [0.4, 0.5) is 0 Å². The summed E-state index contributed by atoms with van der Waals surface area (Å²) in [7, 11) is 4.33. The topological polar surface area (TPSA) is 94.1 Å². The molecule has 2 rings (SSSR count). The molecule has 0 bridgehead atoms. The Morgan fingerprint density at radius 1 is 0.568 bits per heavy atom. The first-order valence-corrected chi connectivity index (χ1v) is 14.3. The quantitative estimate of drug-likeness (QED) is 0.238. The fraction of sp³-hybridized carbons (Fsp3) is 0.933. The average Bonchev–Trinajstić information content (AvgIpc) is 2.71. The van der Waals surface area contributed by atoms with Gasteiger partial charge in [-0.2, -0.15) is 0 Å². The van der Waals surface area contributed by atoms with Crippen LogP contribution < -0.4 is 6.15 Å². The van der Waals surface area contributed by atoms with Gasteiger partial charge in [-0.1, -0.05) is 25.7 Å². The van der Waals surface area contributed by atoms with Gasteiger partial charge < -0.3 is 15.6 Å². The zero-order valence-electron chi connectivity index (χ0n) is 25.9. The molecular formula is C30H59N3O4. The van der Waals surface area contributed by atoms with E-state index in [0.717, 1.165) is 64.2 Å². The van der Waals surface area contributed by atoms with E-state index < -0.39 is 0 Å². The van der Waals surface area contributed by atoms with E-state index in [1.807, 2.05) is 0 Å². The average molecular weight is 526 g/mol. The highest BCUT2D eigenvalue weighted by Crippen LogP contribution is 2.39. The minimum Gasteiger partial charge on any atom is -0.462 e. The van der Waals surface area contributed by atoms with Crippen molar-refractivity contribution in [1.82, 2.24) is 16.0 Å². The van der Waals surface area contributed by atoms with Crippen LogP contribution in [0.5, 0.6) is 0 Å². The maximum atomic E-state index is 12.4. The molecule has 0 amide bonds. The second-order valence-corrected chi connectivity index (χ2v) is 14.0. The van der Waals surface area contributed by atoms with Crippen molar-refractivity contribution < 1.29 is 19.1 Å². The van der Waals surface area contributed by atoms with Crippen LogP contribution in [-0.2, 0) is 19.1 Å². The standard InChI is InChI=1S/C30H56N2O4.H3N/c1-27(2)19-23(20-28(3,4)31(27)9)35-25(33)17-15-13-11-12-14-16-18-26(34)36-24-21-29(5,6)32(10)30(7,8)22-24;/h23-24H,11-22H2,1-10H3;1H3. The molecule has 2 aliphatic rings. The van der Waals surface area contributed by atoms with Gasteiger partial charge in [0, 0.05) is 60.7 Å². The summed E-state index contributed by atoms with van der Waals surface area (Å²) >= 11 is 0. The van der Waals surface area contributed by atoms with Gasteiger partial charge in [-0.05, 0) is 82.3 Å². The normalized spacial score (nSPS) is 23.7. The largest absolute Gasteiger partial charge is 0.462 e. The summed E-state index contributed by atoms with van der Waals surface area (Å²) in [5.41, 5.74) is 0.109. The molecule has 7 heteroatoms. The maximum absolute atomic E-state index is 12.4. The minimum absolute atomic E-state index is 0. The number of unbranched alkanes of at least 4 members (excludes halogenated alkanes) is 5. The van der Waals surface area contributed by atoms with Crippen LogP contribution in [0, 0.1) is 0 Å². The van der Waals surface area contributed by atoms with Crippen molar-refractivity contribution in [1.29, 1.82) is 0 Å². The Labute approximate surface area is 228 Å². The van der Waals surface area contributed by atoms with E-state index in [-0.39, 0.29) is 52.5 Å². The Balaban J connectivity index is 0.00000684. The van der Waals surface area contributed by atoms with Crippen LogP contribution in [0.2, 0.25) is 0 Å². The second kappa shape index (κ2) is 13.3. The molecule has 0 atom stereocenters. The predicted octanol–water partition coefficient (Wildman–Crippen LogP) is 6.66. The van der Waals surface area contributed by atoms with Gasteiger partial charge in [0.05, 0.1) is 0 Å². The molecule has 37 heavy (non-hydrogen) atoms.